The van der Waals surface area contributed by atoms with E-state index in [1.807, 2.05) is 6.92 Å². The van der Waals surface area contributed by atoms with Crippen LogP contribution in [0.1, 0.15) is 31.4 Å². The summed E-state index contributed by atoms with van der Waals surface area (Å²) in [6.07, 6.45) is 0.825. The SMILES string of the molecule is CCCN=C1NC(=O)C(C)(c2cc(F)c(C)cc2F)N1. The van der Waals surface area contributed by atoms with E-state index < -0.39 is 23.1 Å². The summed E-state index contributed by atoms with van der Waals surface area (Å²) in [6.45, 7) is 5.48. The minimum absolute atomic E-state index is 0.0280. The zero-order valence-corrected chi connectivity index (χ0v) is 11.7. The second-order valence-corrected chi connectivity index (χ2v) is 5.02. The number of nitrogens with zero attached hydrogens (tertiary/aromatic N) is 1. The van der Waals surface area contributed by atoms with E-state index in [2.05, 4.69) is 15.6 Å². The molecule has 0 spiro atoms. The van der Waals surface area contributed by atoms with Crippen LogP contribution in [0.5, 0.6) is 0 Å². The van der Waals surface area contributed by atoms with Crippen LogP contribution in [0.2, 0.25) is 0 Å². The Hall–Kier alpha value is -1.98. The number of nitrogens with one attached hydrogen (secondary N) is 2. The van der Waals surface area contributed by atoms with Crippen molar-refractivity contribution in [1.29, 1.82) is 0 Å². The highest BCUT2D eigenvalue weighted by atomic mass is 19.1. The maximum Gasteiger partial charge on any atom is 0.256 e. The first-order valence-corrected chi connectivity index (χ1v) is 6.48. The molecule has 108 valence electrons. The van der Waals surface area contributed by atoms with Crippen LogP contribution in [0, 0.1) is 18.6 Å². The molecule has 2 N–H and O–H groups in total. The van der Waals surface area contributed by atoms with Gasteiger partial charge in [-0.05, 0) is 38.0 Å². The molecule has 6 heteroatoms. The summed E-state index contributed by atoms with van der Waals surface area (Å²) in [6, 6.07) is 2.14. The summed E-state index contributed by atoms with van der Waals surface area (Å²) in [7, 11) is 0. The van der Waals surface area contributed by atoms with E-state index in [0.29, 0.717) is 12.5 Å². The Bertz CT molecular complexity index is 586. The van der Waals surface area contributed by atoms with E-state index in [4.69, 9.17) is 0 Å². The van der Waals surface area contributed by atoms with Crippen molar-refractivity contribution in [2.24, 2.45) is 4.99 Å². The molecule has 1 aromatic carbocycles. The Morgan fingerprint density at radius 2 is 2.00 bits per heavy atom. The first-order chi connectivity index (χ1) is 9.38. The van der Waals surface area contributed by atoms with Crippen molar-refractivity contribution in [2.45, 2.75) is 32.7 Å². The van der Waals surface area contributed by atoms with Crippen LogP contribution >= 0.6 is 0 Å². The van der Waals surface area contributed by atoms with E-state index in [-0.39, 0.29) is 11.1 Å². The lowest BCUT2D eigenvalue weighted by molar-refractivity contribution is -0.123. The predicted octanol–water partition coefficient (Wildman–Crippen LogP) is 1.97. The van der Waals surface area contributed by atoms with Gasteiger partial charge in [-0.2, -0.15) is 0 Å². The zero-order chi connectivity index (χ0) is 14.9. The van der Waals surface area contributed by atoms with Gasteiger partial charge in [-0.3, -0.25) is 15.1 Å². The van der Waals surface area contributed by atoms with Crippen molar-refractivity contribution in [1.82, 2.24) is 10.6 Å². The lowest BCUT2D eigenvalue weighted by Crippen LogP contribution is -2.41. The van der Waals surface area contributed by atoms with Crippen LogP contribution in [0.25, 0.3) is 0 Å². The van der Waals surface area contributed by atoms with Gasteiger partial charge in [0.15, 0.2) is 5.96 Å². The minimum atomic E-state index is -1.36. The lowest BCUT2D eigenvalue weighted by Gasteiger charge is -2.22. The highest BCUT2D eigenvalue weighted by Gasteiger charge is 2.44. The smallest absolute Gasteiger partial charge is 0.256 e. The quantitative estimate of drug-likeness (QED) is 0.890. The van der Waals surface area contributed by atoms with Gasteiger partial charge in [-0.25, -0.2) is 8.78 Å². The Kier molecular flexibility index (Phi) is 3.74. The number of benzene rings is 1. The van der Waals surface area contributed by atoms with E-state index in [9.17, 15) is 13.6 Å². The zero-order valence-electron chi connectivity index (χ0n) is 11.7. The fraction of sp³-hybridized carbons (Fsp3) is 0.429. The molecule has 0 aromatic heterocycles. The van der Waals surface area contributed by atoms with Crippen LogP contribution in [-0.2, 0) is 10.3 Å². The summed E-state index contributed by atoms with van der Waals surface area (Å²) in [5.41, 5.74) is -1.18. The van der Waals surface area contributed by atoms with Crippen molar-refractivity contribution in [3.63, 3.8) is 0 Å². The number of aryl methyl sites for hydroxylation is 1. The van der Waals surface area contributed by atoms with Gasteiger partial charge in [0.25, 0.3) is 5.91 Å². The van der Waals surface area contributed by atoms with Crippen molar-refractivity contribution in [3.05, 3.63) is 34.9 Å². The van der Waals surface area contributed by atoms with Gasteiger partial charge < -0.3 is 5.32 Å². The topological polar surface area (TPSA) is 53.5 Å². The normalized spacial score (nSPS) is 23.9. The molecule has 1 aromatic rings. The van der Waals surface area contributed by atoms with E-state index >= 15 is 0 Å². The standard InChI is InChI=1S/C14H17F2N3O/c1-4-5-17-13-18-12(20)14(3,19-13)9-7-10(15)8(2)6-11(9)16/h6-7H,4-5H2,1-3H3,(H2,17,18,19,20). The van der Waals surface area contributed by atoms with E-state index in [1.54, 1.807) is 0 Å². The average Bonchev–Trinajstić information content (AvgIpc) is 2.68. The highest BCUT2D eigenvalue weighted by Crippen LogP contribution is 2.28. The Labute approximate surface area is 116 Å². The lowest BCUT2D eigenvalue weighted by atomic mass is 9.91. The molecular weight excluding hydrogens is 264 g/mol. The third-order valence-electron chi connectivity index (χ3n) is 3.33. The summed E-state index contributed by atoms with van der Waals surface area (Å²) in [5.74, 6) is -1.32. The summed E-state index contributed by atoms with van der Waals surface area (Å²) < 4.78 is 27.7. The van der Waals surface area contributed by atoms with Gasteiger partial charge in [-0.1, -0.05) is 6.92 Å². The van der Waals surface area contributed by atoms with Crippen molar-refractivity contribution in [3.8, 4) is 0 Å². The van der Waals surface area contributed by atoms with Crippen molar-refractivity contribution in [2.75, 3.05) is 6.54 Å². The number of hydrogen-bond acceptors (Lipinski definition) is 2. The second kappa shape index (κ2) is 5.19. The van der Waals surface area contributed by atoms with Crippen molar-refractivity contribution < 1.29 is 13.6 Å². The van der Waals surface area contributed by atoms with Crippen LogP contribution in [-0.4, -0.2) is 18.4 Å². The Morgan fingerprint density at radius 1 is 1.30 bits per heavy atom. The number of rotatable bonds is 3. The van der Waals surface area contributed by atoms with E-state index in [0.717, 1.165) is 18.6 Å². The van der Waals surface area contributed by atoms with Gasteiger partial charge in [0.2, 0.25) is 0 Å². The van der Waals surface area contributed by atoms with Crippen LogP contribution in [0.15, 0.2) is 17.1 Å². The van der Waals surface area contributed by atoms with Gasteiger partial charge in [0, 0.05) is 12.1 Å². The average molecular weight is 281 g/mol. The monoisotopic (exact) mass is 281 g/mol. The molecule has 0 radical (unpaired) electrons. The third kappa shape index (κ3) is 2.37. The molecule has 0 aliphatic carbocycles. The first kappa shape index (κ1) is 14.4. The number of aliphatic imine (C=N–C) groups is 1. The highest BCUT2D eigenvalue weighted by molar-refractivity contribution is 6.09. The van der Waals surface area contributed by atoms with Crippen LogP contribution < -0.4 is 10.6 Å². The fourth-order valence-electron chi connectivity index (χ4n) is 2.08. The summed E-state index contributed by atoms with van der Waals surface area (Å²) in [5, 5.41) is 5.39. The molecule has 20 heavy (non-hydrogen) atoms. The Balaban J connectivity index is 2.41. The first-order valence-electron chi connectivity index (χ1n) is 6.48. The number of carbonyl (C=O) groups excluding carboxylic acids is 1. The molecule has 1 amide bonds. The molecule has 1 aliphatic heterocycles. The molecule has 1 aliphatic rings. The van der Waals surface area contributed by atoms with Gasteiger partial charge in [0.05, 0.1) is 0 Å². The maximum atomic E-state index is 14.1. The number of guanidine groups is 1. The van der Waals surface area contributed by atoms with Gasteiger partial charge >= 0.3 is 0 Å². The number of amides is 1. The van der Waals surface area contributed by atoms with Gasteiger partial charge in [-0.15, -0.1) is 0 Å². The number of hydrogen-bond donors (Lipinski definition) is 2. The maximum absolute atomic E-state index is 14.1. The molecule has 1 unspecified atom stereocenters. The largest absolute Gasteiger partial charge is 0.338 e. The van der Waals surface area contributed by atoms with Gasteiger partial charge in [0.1, 0.15) is 17.2 Å². The molecule has 1 fully saturated rings. The number of halogens is 2. The van der Waals surface area contributed by atoms with E-state index in [1.165, 1.54) is 13.8 Å². The summed E-state index contributed by atoms with van der Waals surface area (Å²) >= 11 is 0. The summed E-state index contributed by atoms with van der Waals surface area (Å²) in [4.78, 5) is 16.2. The molecule has 0 bridgehead atoms. The molecular formula is C14H17F2N3O. The molecule has 4 nitrogen and oxygen atoms in total. The minimum Gasteiger partial charge on any atom is -0.338 e. The van der Waals surface area contributed by atoms with Crippen molar-refractivity contribution >= 4 is 11.9 Å². The van der Waals surface area contributed by atoms with Crippen LogP contribution in [0.4, 0.5) is 8.78 Å². The fourth-order valence-corrected chi connectivity index (χ4v) is 2.08. The predicted molar refractivity (Wildman–Crippen MR) is 72.3 cm³/mol. The molecule has 0 saturated carbocycles. The molecule has 1 heterocycles. The molecule has 1 saturated heterocycles. The second-order valence-electron chi connectivity index (χ2n) is 5.02. The third-order valence-corrected chi connectivity index (χ3v) is 3.33. The molecule has 1 atom stereocenters. The number of carbonyl (C=O) groups is 1. The van der Waals surface area contributed by atoms with Crippen LogP contribution in [0.3, 0.4) is 0 Å². The Morgan fingerprint density at radius 3 is 2.65 bits per heavy atom. The molecule has 2 rings (SSSR count).